The predicted octanol–water partition coefficient (Wildman–Crippen LogP) is 2.55. The number of aliphatic carboxylic acids is 1. The molecule has 1 atom stereocenters. The van der Waals surface area contributed by atoms with Crippen molar-refractivity contribution < 1.29 is 19.0 Å². The summed E-state index contributed by atoms with van der Waals surface area (Å²) < 4.78 is 21.3. The number of thiol groups is 1. The Morgan fingerprint density at radius 1 is 1.30 bits per heavy atom. The number of aromatic nitrogens is 4. The van der Waals surface area contributed by atoms with Gasteiger partial charge in [0.05, 0.1) is 28.8 Å². The highest BCUT2D eigenvalue weighted by atomic mass is 32.1. The molecule has 154 valence electrons. The number of hydrogen-bond donors (Lipinski definition) is 2. The monoisotopic (exact) mass is 428 g/mol. The third-order valence-electron chi connectivity index (χ3n) is 4.82. The highest BCUT2D eigenvalue weighted by Crippen LogP contribution is 2.29. The van der Waals surface area contributed by atoms with Gasteiger partial charge in [0.1, 0.15) is 11.9 Å². The maximum atomic E-state index is 13.4. The lowest BCUT2D eigenvalue weighted by Gasteiger charge is -2.14. The number of carboxylic acids is 1. The zero-order valence-electron chi connectivity index (χ0n) is 15.8. The first-order valence-corrected chi connectivity index (χ1v) is 9.59. The summed E-state index contributed by atoms with van der Waals surface area (Å²) in [6.07, 6.45) is 2.81. The Morgan fingerprint density at radius 3 is 2.67 bits per heavy atom. The van der Waals surface area contributed by atoms with Crippen LogP contribution in [-0.4, -0.2) is 43.1 Å². The number of ether oxygens (including phenoxy) is 1. The molecular formula is C20H17FN4O4S. The van der Waals surface area contributed by atoms with Crippen LogP contribution in [-0.2, 0) is 16.1 Å². The van der Waals surface area contributed by atoms with Crippen LogP contribution in [0.5, 0.6) is 0 Å². The Kier molecular flexibility index (Phi) is 5.27. The topological polar surface area (TPSA) is 98.7 Å². The van der Waals surface area contributed by atoms with Gasteiger partial charge in [-0.2, -0.15) is 17.7 Å². The normalized spacial score (nSPS) is 12.5. The van der Waals surface area contributed by atoms with E-state index in [1.54, 1.807) is 18.2 Å². The first-order chi connectivity index (χ1) is 14.5. The lowest BCUT2D eigenvalue weighted by atomic mass is 10.1. The van der Waals surface area contributed by atoms with Crippen molar-refractivity contribution >= 4 is 35.1 Å². The van der Waals surface area contributed by atoms with Crippen molar-refractivity contribution in [3.63, 3.8) is 0 Å². The number of halogens is 1. The summed E-state index contributed by atoms with van der Waals surface area (Å²) in [4.78, 5) is 28.8. The molecule has 10 heteroatoms. The van der Waals surface area contributed by atoms with Crippen molar-refractivity contribution in [2.45, 2.75) is 12.6 Å². The number of benzene rings is 1. The summed E-state index contributed by atoms with van der Waals surface area (Å²) in [7, 11) is 1.53. The van der Waals surface area contributed by atoms with Crippen molar-refractivity contribution in [3.05, 3.63) is 64.6 Å². The zero-order chi connectivity index (χ0) is 21.4. The van der Waals surface area contributed by atoms with Gasteiger partial charge in [-0.25, -0.2) is 18.7 Å². The van der Waals surface area contributed by atoms with Crippen LogP contribution in [0.4, 0.5) is 4.39 Å². The minimum absolute atomic E-state index is 0.0368. The van der Waals surface area contributed by atoms with E-state index in [0.717, 1.165) is 4.57 Å². The molecule has 0 saturated heterocycles. The second-order valence-electron chi connectivity index (χ2n) is 6.62. The molecule has 0 aliphatic heterocycles. The van der Waals surface area contributed by atoms with Crippen LogP contribution in [0.25, 0.3) is 27.7 Å². The molecule has 1 unspecified atom stereocenters. The second-order valence-corrected chi connectivity index (χ2v) is 6.98. The molecular weight excluding hydrogens is 411 g/mol. The molecule has 3 heterocycles. The van der Waals surface area contributed by atoms with Crippen LogP contribution in [0.15, 0.2) is 47.5 Å². The zero-order valence-corrected chi connectivity index (χ0v) is 16.7. The van der Waals surface area contributed by atoms with Gasteiger partial charge in [-0.05, 0) is 23.8 Å². The van der Waals surface area contributed by atoms with Crippen LogP contribution in [0, 0.1) is 5.82 Å². The molecule has 0 bridgehead atoms. The first kappa shape index (κ1) is 20.0. The number of nitrogens with zero attached hydrogens (tertiary/aromatic N) is 4. The van der Waals surface area contributed by atoms with E-state index in [1.807, 2.05) is 0 Å². The molecule has 0 amide bonds. The number of rotatable bonds is 6. The van der Waals surface area contributed by atoms with Crippen molar-refractivity contribution in [2.75, 3.05) is 12.9 Å². The molecule has 4 rings (SSSR count). The molecule has 0 radical (unpaired) electrons. The fourth-order valence-electron chi connectivity index (χ4n) is 3.41. The smallest absolute Gasteiger partial charge is 0.327 e. The first-order valence-electron chi connectivity index (χ1n) is 8.96. The summed E-state index contributed by atoms with van der Waals surface area (Å²) >= 11 is 4.04. The van der Waals surface area contributed by atoms with Crippen LogP contribution in [0.2, 0.25) is 0 Å². The number of hydrogen-bond acceptors (Lipinski definition) is 6. The number of pyridine rings is 1. The molecule has 0 aliphatic carbocycles. The third kappa shape index (κ3) is 3.23. The fraction of sp³-hybridized carbons (Fsp3) is 0.200. The average molecular weight is 428 g/mol. The van der Waals surface area contributed by atoms with E-state index in [9.17, 15) is 19.1 Å². The lowest BCUT2D eigenvalue weighted by molar-refractivity contribution is -0.140. The Labute approximate surface area is 175 Å². The highest BCUT2D eigenvalue weighted by molar-refractivity contribution is 7.80. The minimum Gasteiger partial charge on any atom is -0.480 e. The van der Waals surface area contributed by atoms with Gasteiger partial charge in [-0.3, -0.25) is 9.36 Å². The number of carbonyl (C=O) groups is 1. The molecule has 3 aromatic heterocycles. The fourth-order valence-corrected chi connectivity index (χ4v) is 3.74. The van der Waals surface area contributed by atoms with Crippen molar-refractivity contribution in [1.29, 1.82) is 0 Å². The Hall–Kier alpha value is -3.24. The van der Waals surface area contributed by atoms with E-state index in [4.69, 9.17) is 4.74 Å². The van der Waals surface area contributed by atoms with Gasteiger partial charge in [0.2, 0.25) is 0 Å². The van der Waals surface area contributed by atoms with Gasteiger partial charge in [0.15, 0.2) is 5.65 Å². The predicted molar refractivity (Wildman–Crippen MR) is 111 cm³/mol. The second kappa shape index (κ2) is 7.88. The SMILES string of the molecule is COCc1nn2c(ncc3c(=O)n(C(CS)C(=O)O)ccc32)c1-c1ccc(F)cc1. The summed E-state index contributed by atoms with van der Waals surface area (Å²) in [5, 5.41) is 14.1. The molecule has 0 saturated carbocycles. The molecule has 30 heavy (non-hydrogen) atoms. The van der Waals surface area contributed by atoms with Crippen LogP contribution in [0.1, 0.15) is 11.7 Å². The molecule has 1 aromatic carbocycles. The van der Waals surface area contributed by atoms with Gasteiger partial charge in [-0.1, -0.05) is 12.1 Å². The Morgan fingerprint density at radius 2 is 2.03 bits per heavy atom. The number of methoxy groups -OCH3 is 1. The van der Waals surface area contributed by atoms with Crippen LogP contribution in [0.3, 0.4) is 0 Å². The summed E-state index contributed by atoms with van der Waals surface area (Å²) in [5.74, 6) is -1.55. The molecule has 8 nitrogen and oxygen atoms in total. The molecule has 0 fully saturated rings. The van der Waals surface area contributed by atoms with E-state index in [0.29, 0.717) is 28.0 Å². The third-order valence-corrected chi connectivity index (χ3v) is 5.17. The van der Waals surface area contributed by atoms with Gasteiger partial charge >= 0.3 is 5.97 Å². The minimum atomic E-state index is -1.15. The Bertz CT molecular complexity index is 1320. The van der Waals surface area contributed by atoms with E-state index in [-0.39, 0.29) is 23.6 Å². The summed E-state index contributed by atoms with van der Waals surface area (Å²) in [6.45, 7) is 0.190. The average Bonchev–Trinajstić information content (AvgIpc) is 3.09. The largest absolute Gasteiger partial charge is 0.480 e. The van der Waals surface area contributed by atoms with Gasteiger partial charge in [0.25, 0.3) is 5.56 Å². The van der Waals surface area contributed by atoms with Crippen molar-refractivity contribution in [3.8, 4) is 11.1 Å². The summed E-state index contributed by atoms with van der Waals surface area (Å²) in [5.41, 5.74) is 2.39. The number of fused-ring (bicyclic) bond motifs is 3. The van der Waals surface area contributed by atoms with E-state index < -0.39 is 17.6 Å². The lowest BCUT2D eigenvalue weighted by Crippen LogP contribution is -2.31. The molecule has 0 spiro atoms. The van der Waals surface area contributed by atoms with Crippen LogP contribution >= 0.6 is 12.6 Å². The highest BCUT2D eigenvalue weighted by Gasteiger charge is 2.22. The maximum Gasteiger partial charge on any atom is 0.327 e. The van der Waals surface area contributed by atoms with Gasteiger partial charge in [0, 0.05) is 25.3 Å². The van der Waals surface area contributed by atoms with Crippen molar-refractivity contribution in [2.24, 2.45) is 0 Å². The van der Waals surface area contributed by atoms with Crippen molar-refractivity contribution in [1.82, 2.24) is 19.2 Å². The standard InChI is InChI=1S/C20H17FN4O4S/c1-29-9-14-17(11-2-4-12(21)5-3-11)18-22-8-13-15(25(18)23-14)6-7-24(19(13)26)16(10-30)20(27)28/h2-8,16,30H,9-10H2,1H3,(H,27,28). The Balaban J connectivity index is 2.00. The van der Waals surface area contributed by atoms with E-state index in [2.05, 4.69) is 22.7 Å². The molecule has 4 aromatic rings. The van der Waals surface area contributed by atoms with E-state index >= 15 is 0 Å². The maximum absolute atomic E-state index is 13.4. The quantitative estimate of drug-likeness (QED) is 0.458. The van der Waals surface area contributed by atoms with Gasteiger partial charge in [-0.15, -0.1) is 0 Å². The summed E-state index contributed by atoms with van der Waals surface area (Å²) in [6, 6.07) is 6.46. The van der Waals surface area contributed by atoms with Crippen LogP contribution < -0.4 is 5.56 Å². The molecule has 1 N–H and O–H groups in total. The van der Waals surface area contributed by atoms with E-state index in [1.165, 1.54) is 36.2 Å². The molecule has 0 aliphatic rings. The van der Waals surface area contributed by atoms with Gasteiger partial charge < -0.3 is 9.84 Å². The number of carboxylic acid groups (broad SMARTS) is 1.